The fraction of sp³-hybridized carbons (Fsp3) is 0.250. The lowest BCUT2D eigenvalue weighted by atomic mass is 9.96. The Bertz CT molecular complexity index is 789. The molecular weight excluding hydrogens is 328 g/mol. The van der Waals surface area contributed by atoms with Crippen LogP contribution in [0, 0.1) is 5.41 Å². The van der Waals surface area contributed by atoms with Gasteiger partial charge in [-0.05, 0) is 17.5 Å². The van der Waals surface area contributed by atoms with Gasteiger partial charge in [0.15, 0.2) is 0 Å². The van der Waals surface area contributed by atoms with Crippen molar-refractivity contribution in [2.75, 3.05) is 6.54 Å². The molecule has 0 bridgehead atoms. The summed E-state index contributed by atoms with van der Waals surface area (Å²) in [5.74, 6) is 0.0401. The highest BCUT2D eigenvalue weighted by Gasteiger charge is 2.36. The molecule has 134 valence electrons. The second-order valence-corrected chi connectivity index (χ2v) is 6.49. The number of hydrogen-bond acceptors (Lipinski definition) is 3. The van der Waals surface area contributed by atoms with E-state index in [-0.39, 0.29) is 17.7 Å². The van der Waals surface area contributed by atoms with Gasteiger partial charge >= 0.3 is 0 Å². The van der Waals surface area contributed by atoms with Gasteiger partial charge in [-0.1, -0.05) is 54.6 Å². The topological polar surface area (TPSA) is 99.3 Å². The highest BCUT2D eigenvalue weighted by atomic mass is 16.2. The molecule has 2 unspecified atom stereocenters. The van der Waals surface area contributed by atoms with E-state index in [0.717, 1.165) is 17.5 Å². The zero-order chi connectivity index (χ0) is 18.5. The summed E-state index contributed by atoms with van der Waals surface area (Å²) >= 11 is 0. The number of carbonyl (C=O) groups excluding carboxylic acids is 2. The van der Waals surface area contributed by atoms with Gasteiger partial charge in [-0.15, -0.1) is 0 Å². The molecule has 1 aliphatic heterocycles. The third-order valence-corrected chi connectivity index (χ3v) is 4.78. The number of nitrogens with one attached hydrogen (secondary N) is 2. The second-order valence-electron chi connectivity index (χ2n) is 6.49. The molecule has 2 aromatic carbocycles. The van der Waals surface area contributed by atoms with Crippen LogP contribution in [0.5, 0.6) is 0 Å². The molecule has 1 aliphatic rings. The first-order valence-corrected chi connectivity index (χ1v) is 8.55. The van der Waals surface area contributed by atoms with Gasteiger partial charge in [0, 0.05) is 24.6 Å². The van der Waals surface area contributed by atoms with Crippen molar-refractivity contribution in [3.8, 4) is 0 Å². The second kappa shape index (κ2) is 7.82. The van der Waals surface area contributed by atoms with Crippen LogP contribution in [0.3, 0.4) is 0 Å². The van der Waals surface area contributed by atoms with Crippen LogP contribution in [-0.4, -0.2) is 35.6 Å². The van der Waals surface area contributed by atoms with Gasteiger partial charge in [0.05, 0.1) is 0 Å². The van der Waals surface area contributed by atoms with E-state index in [2.05, 4.69) is 5.32 Å². The number of nitrogens with zero attached hydrogens (tertiary/aromatic N) is 1. The number of likely N-dealkylation sites (tertiary alicyclic amines) is 1. The Balaban J connectivity index is 1.61. The molecule has 0 aliphatic carbocycles. The van der Waals surface area contributed by atoms with Crippen molar-refractivity contribution in [1.82, 2.24) is 10.2 Å². The molecule has 0 spiro atoms. The van der Waals surface area contributed by atoms with Crippen LogP contribution in [0.2, 0.25) is 0 Å². The molecule has 6 heteroatoms. The zero-order valence-electron chi connectivity index (χ0n) is 14.4. The lowest BCUT2D eigenvalue weighted by molar-refractivity contribution is -0.131. The number of rotatable bonds is 6. The Morgan fingerprint density at radius 2 is 1.88 bits per heavy atom. The van der Waals surface area contributed by atoms with Crippen LogP contribution in [-0.2, 0) is 16.1 Å². The van der Waals surface area contributed by atoms with Crippen LogP contribution in [0.1, 0.15) is 29.0 Å². The number of nitrogens with two attached hydrogens (primary N) is 1. The Labute approximate surface area is 152 Å². The zero-order valence-corrected chi connectivity index (χ0v) is 14.4. The van der Waals surface area contributed by atoms with Crippen LogP contribution >= 0.6 is 0 Å². The highest BCUT2D eigenvalue weighted by Crippen LogP contribution is 2.30. The molecule has 26 heavy (non-hydrogen) atoms. The fourth-order valence-electron chi connectivity index (χ4n) is 3.31. The Kier molecular flexibility index (Phi) is 5.31. The standard InChI is InChI=1S/C20H22N4O2/c21-19(22)16-8-6-14(7-9-16)11-23-20(26)18-10-17(12-24(18)13-25)15-4-2-1-3-5-15/h1-9,13,17-18H,10-12H2,(H3,21,22)(H,23,26). The quantitative estimate of drug-likeness (QED) is 0.419. The summed E-state index contributed by atoms with van der Waals surface area (Å²) in [5, 5.41) is 10.3. The molecule has 0 aromatic heterocycles. The minimum absolute atomic E-state index is 0.0140. The molecule has 1 fully saturated rings. The molecule has 4 N–H and O–H groups in total. The lowest BCUT2D eigenvalue weighted by Crippen LogP contribution is -2.42. The highest BCUT2D eigenvalue weighted by molar-refractivity contribution is 5.94. The van der Waals surface area contributed by atoms with Crippen LogP contribution in [0.25, 0.3) is 0 Å². The maximum atomic E-state index is 12.6. The maximum absolute atomic E-state index is 12.6. The van der Waals surface area contributed by atoms with Gasteiger partial charge in [0.2, 0.25) is 12.3 Å². The monoisotopic (exact) mass is 350 g/mol. The van der Waals surface area contributed by atoms with Crippen molar-refractivity contribution in [2.45, 2.75) is 24.9 Å². The summed E-state index contributed by atoms with van der Waals surface area (Å²) in [6.45, 7) is 0.926. The van der Waals surface area contributed by atoms with Gasteiger partial charge in [0.1, 0.15) is 11.9 Å². The van der Waals surface area contributed by atoms with E-state index in [1.807, 2.05) is 42.5 Å². The van der Waals surface area contributed by atoms with Gasteiger partial charge in [0.25, 0.3) is 0 Å². The van der Waals surface area contributed by atoms with Gasteiger partial charge in [-0.25, -0.2) is 0 Å². The van der Waals surface area contributed by atoms with E-state index in [9.17, 15) is 9.59 Å². The first-order chi connectivity index (χ1) is 12.6. The van der Waals surface area contributed by atoms with Crippen LogP contribution in [0.15, 0.2) is 54.6 Å². The average molecular weight is 350 g/mol. The lowest BCUT2D eigenvalue weighted by Gasteiger charge is -2.19. The van der Waals surface area contributed by atoms with E-state index in [1.54, 1.807) is 17.0 Å². The maximum Gasteiger partial charge on any atom is 0.243 e. The van der Waals surface area contributed by atoms with E-state index < -0.39 is 6.04 Å². The number of amidine groups is 1. The first kappa shape index (κ1) is 17.7. The summed E-state index contributed by atoms with van der Waals surface area (Å²) in [7, 11) is 0. The summed E-state index contributed by atoms with van der Waals surface area (Å²) in [5.41, 5.74) is 8.15. The Morgan fingerprint density at radius 1 is 1.19 bits per heavy atom. The van der Waals surface area contributed by atoms with Crippen molar-refractivity contribution in [1.29, 1.82) is 5.41 Å². The summed E-state index contributed by atoms with van der Waals surface area (Å²) in [6, 6.07) is 16.7. The third-order valence-electron chi connectivity index (χ3n) is 4.78. The molecule has 0 saturated carbocycles. The smallest absolute Gasteiger partial charge is 0.243 e. The minimum Gasteiger partial charge on any atom is -0.384 e. The van der Waals surface area contributed by atoms with E-state index >= 15 is 0 Å². The van der Waals surface area contributed by atoms with Gasteiger partial charge in [-0.2, -0.15) is 0 Å². The Hall–Kier alpha value is -3.15. The number of benzene rings is 2. The molecule has 0 radical (unpaired) electrons. The van der Waals surface area contributed by atoms with E-state index in [1.165, 1.54) is 0 Å². The molecule has 1 heterocycles. The van der Waals surface area contributed by atoms with E-state index in [0.29, 0.717) is 25.1 Å². The minimum atomic E-state index is -0.450. The number of carbonyl (C=O) groups is 2. The first-order valence-electron chi connectivity index (χ1n) is 8.55. The van der Waals surface area contributed by atoms with Crippen molar-refractivity contribution in [3.05, 3.63) is 71.3 Å². The van der Waals surface area contributed by atoms with Crippen LogP contribution < -0.4 is 11.1 Å². The average Bonchev–Trinajstić information content (AvgIpc) is 3.11. The summed E-state index contributed by atoms with van der Waals surface area (Å²) < 4.78 is 0. The van der Waals surface area contributed by atoms with Crippen molar-refractivity contribution in [2.24, 2.45) is 5.73 Å². The van der Waals surface area contributed by atoms with E-state index in [4.69, 9.17) is 11.1 Å². The Morgan fingerprint density at radius 3 is 2.50 bits per heavy atom. The molecule has 2 amide bonds. The molecule has 2 atom stereocenters. The van der Waals surface area contributed by atoms with Crippen LogP contribution in [0.4, 0.5) is 0 Å². The SMILES string of the molecule is N=C(N)c1ccc(CNC(=O)C2CC(c3ccccc3)CN2C=O)cc1. The molecule has 6 nitrogen and oxygen atoms in total. The van der Waals surface area contributed by atoms with Gasteiger partial charge < -0.3 is 16.0 Å². The number of nitrogen functional groups attached to an aromatic ring is 1. The normalized spacial score (nSPS) is 19.2. The number of amides is 2. The molecule has 3 rings (SSSR count). The molecule has 1 saturated heterocycles. The summed E-state index contributed by atoms with van der Waals surface area (Å²) in [4.78, 5) is 25.5. The van der Waals surface area contributed by atoms with Gasteiger partial charge in [-0.3, -0.25) is 15.0 Å². The molecule has 2 aromatic rings. The fourth-order valence-corrected chi connectivity index (χ4v) is 3.31. The predicted octanol–water partition coefficient (Wildman–Crippen LogP) is 1.60. The molecular formula is C20H22N4O2. The third kappa shape index (κ3) is 3.91. The van der Waals surface area contributed by atoms with Crippen molar-refractivity contribution in [3.63, 3.8) is 0 Å². The largest absolute Gasteiger partial charge is 0.384 e. The predicted molar refractivity (Wildman–Crippen MR) is 99.7 cm³/mol. The van der Waals surface area contributed by atoms with Crippen molar-refractivity contribution >= 4 is 18.2 Å². The number of hydrogen-bond donors (Lipinski definition) is 3. The summed E-state index contributed by atoms with van der Waals surface area (Å²) in [6.07, 6.45) is 1.38. The van der Waals surface area contributed by atoms with Crippen molar-refractivity contribution < 1.29 is 9.59 Å².